The summed E-state index contributed by atoms with van der Waals surface area (Å²) in [4.78, 5) is 4.04. The normalized spacial score (nSPS) is 16.6. The number of hydrogen-bond acceptors (Lipinski definition) is 3. The van der Waals surface area contributed by atoms with Crippen LogP contribution in [0, 0.1) is 0 Å². The molecule has 1 saturated heterocycles. The van der Waals surface area contributed by atoms with Gasteiger partial charge in [-0.2, -0.15) is 11.8 Å². The van der Waals surface area contributed by atoms with E-state index in [1.165, 1.54) is 17.1 Å². The van der Waals surface area contributed by atoms with E-state index in [9.17, 15) is 0 Å². The average molecular weight is 229 g/mol. The van der Waals surface area contributed by atoms with Crippen LogP contribution in [-0.4, -0.2) is 29.1 Å². The first kappa shape index (κ1) is 10.3. The van der Waals surface area contributed by atoms with Gasteiger partial charge in [-0.3, -0.25) is 0 Å². The number of thioether (sulfide) groups is 1. The van der Waals surface area contributed by atoms with Crippen molar-refractivity contribution >= 4 is 23.4 Å². The molecule has 0 unspecified atom stereocenters. The molecular weight excluding hydrogens is 216 g/mol. The van der Waals surface area contributed by atoms with Gasteiger partial charge in [0.05, 0.1) is 0 Å². The molecule has 14 heavy (non-hydrogen) atoms. The molecule has 0 amide bonds. The highest BCUT2D eigenvalue weighted by atomic mass is 35.5. The van der Waals surface area contributed by atoms with Crippen LogP contribution in [0.4, 0.5) is 0 Å². The summed E-state index contributed by atoms with van der Waals surface area (Å²) in [6, 6.07) is 4.61. The van der Waals surface area contributed by atoms with E-state index in [-0.39, 0.29) is 0 Å². The minimum atomic E-state index is 0.567. The lowest BCUT2D eigenvalue weighted by atomic mass is 10.2. The molecule has 0 atom stereocenters. The summed E-state index contributed by atoms with van der Waals surface area (Å²) < 4.78 is 0. The van der Waals surface area contributed by atoms with Crippen molar-refractivity contribution in [1.29, 1.82) is 0 Å². The van der Waals surface area contributed by atoms with Crippen LogP contribution in [0.1, 0.15) is 5.56 Å². The number of nitrogens with zero attached hydrogens (tertiary/aromatic N) is 1. The smallest absolute Gasteiger partial charge is 0.129 e. The van der Waals surface area contributed by atoms with Gasteiger partial charge >= 0.3 is 0 Å². The Balaban J connectivity index is 1.71. The van der Waals surface area contributed by atoms with Crippen molar-refractivity contribution in [2.45, 2.75) is 12.5 Å². The molecule has 4 heteroatoms. The minimum Gasteiger partial charge on any atom is -0.312 e. The van der Waals surface area contributed by atoms with Crippen molar-refractivity contribution in [1.82, 2.24) is 10.3 Å². The Labute approximate surface area is 93.4 Å². The van der Waals surface area contributed by atoms with E-state index in [4.69, 9.17) is 11.6 Å². The molecule has 1 aliphatic heterocycles. The first-order valence-corrected chi connectivity index (χ1v) is 6.29. The van der Waals surface area contributed by atoms with Gasteiger partial charge in [-0.15, -0.1) is 0 Å². The van der Waals surface area contributed by atoms with Crippen molar-refractivity contribution < 1.29 is 0 Å². The predicted octanol–water partition coefficient (Wildman–Crippen LogP) is 1.98. The van der Waals surface area contributed by atoms with Crippen LogP contribution >= 0.6 is 23.4 Å². The number of aromatic nitrogens is 1. The Kier molecular flexibility index (Phi) is 3.67. The maximum Gasteiger partial charge on any atom is 0.129 e. The predicted molar refractivity (Wildman–Crippen MR) is 62.1 cm³/mol. The van der Waals surface area contributed by atoms with Crippen molar-refractivity contribution in [2.24, 2.45) is 0 Å². The lowest BCUT2D eigenvalue weighted by molar-refractivity contribution is 0.584. The second-order valence-electron chi connectivity index (χ2n) is 3.43. The van der Waals surface area contributed by atoms with Crippen molar-refractivity contribution in [3.05, 3.63) is 29.0 Å². The van der Waals surface area contributed by atoms with E-state index in [2.05, 4.69) is 10.3 Å². The van der Waals surface area contributed by atoms with Gasteiger partial charge in [-0.05, 0) is 24.6 Å². The zero-order valence-corrected chi connectivity index (χ0v) is 9.44. The van der Waals surface area contributed by atoms with Gasteiger partial charge in [0.25, 0.3) is 0 Å². The molecule has 76 valence electrons. The fraction of sp³-hybridized carbons (Fsp3) is 0.500. The summed E-state index contributed by atoms with van der Waals surface area (Å²) in [5, 5.41) is 4.07. The third-order valence-corrected chi connectivity index (χ3v) is 3.77. The van der Waals surface area contributed by atoms with Gasteiger partial charge in [0.1, 0.15) is 5.15 Å². The maximum absolute atomic E-state index is 5.70. The molecule has 2 heterocycles. The fourth-order valence-electron chi connectivity index (χ4n) is 1.33. The molecule has 0 spiro atoms. The zero-order chi connectivity index (χ0) is 9.80. The van der Waals surface area contributed by atoms with Crippen LogP contribution < -0.4 is 5.32 Å². The van der Waals surface area contributed by atoms with Gasteiger partial charge in [-0.25, -0.2) is 4.98 Å². The SMILES string of the molecule is Clc1ccc(CCNC2CSC2)cn1. The Hall–Kier alpha value is -0.250. The third kappa shape index (κ3) is 2.87. The van der Waals surface area contributed by atoms with Gasteiger partial charge in [0.2, 0.25) is 0 Å². The molecule has 0 aromatic carbocycles. The van der Waals surface area contributed by atoms with Crippen LogP contribution in [0.25, 0.3) is 0 Å². The second kappa shape index (κ2) is 5.01. The number of nitrogens with one attached hydrogen (secondary N) is 1. The zero-order valence-electron chi connectivity index (χ0n) is 7.87. The van der Waals surface area contributed by atoms with Gasteiger partial charge in [0.15, 0.2) is 0 Å². The second-order valence-corrected chi connectivity index (χ2v) is 4.89. The lowest BCUT2D eigenvalue weighted by Gasteiger charge is -2.25. The molecule has 0 saturated carbocycles. The molecule has 1 aromatic rings. The average Bonchev–Trinajstić information content (AvgIpc) is 2.12. The molecule has 2 nitrogen and oxygen atoms in total. The Bertz CT molecular complexity index is 285. The summed E-state index contributed by atoms with van der Waals surface area (Å²) in [7, 11) is 0. The highest BCUT2D eigenvalue weighted by Crippen LogP contribution is 2.17. The third-order valence-electron chi connectivity index (χ3n) is 2.27. The van der Waals surface area contributed by atoms with Crippen molar-refractivity contribution in [3.8, 4) is 0 Å². The van der Waals surface area contributed by atoms with Crippen LogP contribution in [0.15, 0.2) is 18.3 Å². The summed E-state index contributed by atoms with van der Waals surface area (Å²) in [6.07, 6.45) is 2.88. The van der Waals surface area contributed by atoms with E-state index in [1.54, 1.807) is 0 Å². The molecule has 1 aliphatic rings. The first-order chi connectivity index (χ1) is 6.84. The van der Waals surface area contributed by atoms with Crippen LogP contribution in [0.2, 0.25) is 5.15 Å². The lowest BCUT2D eigenvalue weighted by Crippen LogP contribution is -2.41. The highest BCUT2D eigenvalue weighted by Gasteiger charge is 2.16. The van der Waals surface area contributed by atoms with Gasteiger partial charge in [0, 0.05) is 23.7 Å². The Morgan fingerprint density at radius 2 is 2.36 bits per heavy atom. The number of pyridine rings is 1. The summed E-state index contributed by atoms with van der Waals surface area (Å²) in [5.74, 6) is 2.53. The first-order valence-electron chi connectivity index (χ1n) is 4.76. The van der Waals surface area contributed by atoms with E-state index >= 15 is 0 Å². The van der Waals surface area contributed by atoms with Crippen LogP contribution in [0.3, 0.4) is 0 Å². The molecule has 0 radical (unpaired) electrons. The maximum atomic E-state index is 5.70. The largest absolute Gasteiger partial charge is 0.312 e. The molecule has 1 aromatic heterocycles. The fourth-order valence-corrected chi connectivity index (χ4v) is 2.15. The van der Waals surface area contributed by atoms with Crippen LogP contribution in [0.5, 0.6) is 0 Å². The Morgan fingerprint density at radius 1 is 1.50 bits per heavy atom. The summed E-state index contributed by atoms with van der Waals surface area (Å²) in [6.45, 7) is 1.04. The van der Waals surface area contributed by atoms with E-state index in [1.807, 2.05) is 30.1 Å². The monoisotopic (exact) mass is 228 g/mol. The Morgan fingerprint density at radius 3 is 2.93 bits per heavy atom. The van der Waals surface area contributed by atoms with Gasteiger partial charge < -0.3 is 5.32 Å². The van der Waals surface area contributed by atoms with E-state index < -0.39 is 0 Å². The molecule has 2 rings (SSSR count). The molecular formula is C10H13ClN2S. The summed E-state index contributed by atoms with van der Waals surface area (Å²) in [5.41, 5.74) is 1.24. The molecule has 1 fully saturated rings. The number of halogens is 1. The number of rotatable bonds is 4. The molecule has 0 aliphatic carbocycles. The minimum absolute atomic E-state index is 0.567. The van der Waals surface area contributed by atoms with E-state index in [0.717, 1.165) is 19.0 Å². The van der Waals surface area contributed by atoms with Crippen molar-refractivity contribution in [3.63, 3.8) is 0 Å². The van der Waals surface area contributed by atoms with Crippen molar-refractivity contribution in [2.75, 3.05) is 18.1 Å². The topological polar surface area (TPSA) is 24.9 Å². The molecule has 0 bridgehead atoms. The summed E-state index contributed by atoms with van der Waals surface area (Å²) >= 11 is 7.70. The molecule has 1 N–H and O–H groups in total. The van der Waals surface area contributed by atoms with Gasteiger partial charge in [-0.1, -0.05) is 17.7 Å². The van der Waals surface area contributed by atoms with E-state index in [0.29, 0.717) is 5.15 Å². The highest BCUT2D eigenvalue weighted by molar-refractivity contribution is 8.00. The quantitative estimate of drug-likeness (QED) is 0.798. The van der Waals surface area contributed by atoms with Crippen LogP contribution in [-0.2, 0) is 6.42 Å². The standard InChI is InChI=1S/C10H13ClN2S/c11-10-2-1-8(5-13-10)3-4-12-9-6-14-7-9/h1-2,5,9,12H,3-4,6-7H2. The number of hydrogen-bond donors (Lipinski definition) is 1.